The Morgan fingerprint density at radius 1 is 1.17 bits per heavy atom. The van der Waals surface area contributed by atoms with Gasteiger partial charge in [-0.3, -0.25) is 4.79 Å². The normalized spacial score (nSPS) is 16.4. The number of benzene rings is 2. The van der Waals surface area contributed by atoms with Crippen LogP contribution in [0.25, 0.3) is 10.2 Å². The number of carbonyl (C=O) groups excluding carboxylic acids is 2. The summed E-state index contributed by atoms with van der Waals surface area (Å²) in [5, 5.41) is 6.36. The van der Waals surface area contributed by atoms with E-state index in [1.165, 1.54) is 11.3 Å². The van der Waals surface area contributed by atoms with E-state index in [9.17, 15) is 9.59 Å². The van der Waals surface area contributed by atoms with E-state index < -0.39 is 0 Å². The lowest BCUT2D eigenvalue weighted by atomic mass is 9.97. The van der Waals surface area contributed by atoms with Gasteiger partial charge in [0.05, 0.1) is 23.2 Å². The molecule has 1 fully saturated rings. The summed E-state index contributed by atoms with van der Waals surface area (Å²) in [6, 6.07) is 14.8. The number of hydrogen-bond donors (Lipinski definition) is 2. The molecule has 0 spiro atoms. The number of hydrogen-bond acceptors (Lipinski definition) is 5. The highest BCUT2D eigenvalue weighted by Gasteiger charge is 2.29. The third kappa shape index (κ3) is 4.48. The van der Waals surface area contributed by atoms with Crippen molar-refractivity contribution in [1.29, 1.82) is 0 Å². The number of para-hydroxylation sites is 1. The van der Waals surface area contributed by atoms with Crippen LogP contribution in [-0.2, 0) is 4.79 Å². The van der Waals surface area contributed by atoms with E-state index in [2.05, 4.69) is 15.6 Å². The molecule has 2 N–H and O–H groups in total. The third-order valence-corrected chi connectivity index (χ3v) is 5.86. The summed E-state index contributed by atoms with van der Waals surface area (Å²) in [5.74, 6) is 0.395. The quantitative estimate of drug-likeness (QED) is 0.676. The second-order valence-corrected chi connectivity index (χ2v) is 7.95. The van der Waals surface area contributed by atoms with Gasteiger partial charge in [0.25, 0.3) is 0 Å². The van der Waals surface area contributed by atoms with Crippen LogP contribution in [0.4, 0.5) is 15.6 Å². The van der Waals surface area contributed by atoms with E-state index >= 15 is 0 Å². The molecule has 1 saturated heterocycles. The third-order valence-electron chi connectivity index (χ3n) is 4.93. The van der Waals surface area contributed by atoms with Crippen molar-refractivity contribution in [3.8, 4) is 5.75 Å². The Labute approximate surface area is 172 Å². The fourth-order valence-corrected chi connectivity index (χ4v) is 4.29. The van der Waals surface area contributed by atoms with Gasteiger partial charge >= 0.3 is 6.03 Å². The van der Waals surface area contributed by atoms with Gasteiger partial charge in [0, 0.05) is 18.8 Å². The van der Waals surface area contributed by atoms with Gasteiger partial charge in [0.1, 0.15) is 5.75 Å². The number of methoxy groups -OCH3 is 1. The highest BCUT2D eigenvalue weighted by atomic mass is 32.1. The van der Waals surface area contributed by atoms with Crippen LogP contribution in [0.2, 0.25) is 0 Å². The van der Waals surface area contributed by atoms with Crippen molar-refractivity contribution in [3.63, 3.8) is 0 Å². The first-order chi connectivity index (χ1) is 14.1. The molecule has 7 nitrogen and oxygen atoms in total. The molecule has 3 amide bonds. The van der Waals surface area contributed by atoms with Gasteiger partial charge in [-0.1, -0.05) is 29.5 Å². The Hall–Kier alpha value is -3.13. The summed E-state index contributed by atoms with van der Waals surface area (Å²) in [4.78, 5) is 31.5. The minimum absolute atomic E-state index is 0.103. The lowest BCUT2D eigenvalue weighted by molar-refractivity contribution is -0.121. The fourth-order valence-electron chi connectivity index (χ4n) is 3.39. The molecule has 1 aliphatic heterocycles. The van der Waals surface area contributed by atoms with E-state index in [0.29, 0.717) is 18.2 Å². The molecule has 0 bridgehead atoms. The molecule has 0 aliphatic carbocycles. The number of aromatic nitrogens is 1. The summed E-state index contributed by atoms with van der Waals surface area (Å²) in [7, 11) is 1.62. The van der Waals surface area contributed by atoms with Gasteiger partial charge in [-0.25, -0.2) is 9.78 Å². The summed E-state index contributed by atoms with van der Waals surface area (Å²) in [6.07, 6.45) is 1.54. The SMILES string of the molecule is COc1ccc2nc(NC(=O)C3CCCN(C(=O)Nc4ccccc4)C3)sc2c1. The maximum Gasteiger partial charge on any atom is 0.321 e. The molecule has 2 aromatic carbocycles. The van der Waals surface area contributed by atoms with Crippen molar-refractivity contribution >= 4 is 44.3 Å². The molecular formula is C21H22N4O3S. The zero-order valence-corrected chi connectivity index (χ0v) is 16.9. The number of likely N-dealkylation sites (tertiary alicyclic amines) is 1. The molecule has 150 valence electrons. The van der Waals surface area contributed by atoms with Crippen LogP contribution in [0.15, 0.2) is 48.5 Å². The first kappa shape index (κ1) is 19.2. The van der Waals surface area contributed by atoms with Crippen molar-refractivity contribution in [1.82, 2.24) is 9.88 Å². The molecule has 0 saturated carbocycles. The summed E-state index contributed by atoms with van der Waals surface area (Å²) in [5.41, 5.74) is 1.56. The second kappa shape index (κ2) is 8.48. The molecule has 1 atom stereocenters. The van der Waals surface area contributed by atoms with Gasteiger partial charge in [0.15, 0.2) is 5.13 Å². The standard InChI is InChI=1S/C21H22N4O3S/c1-28-16-9-10-17-18(12-16)29-20(23-17)24-19(26)14-6-5-11-25(13-14)21(27)22-15-7-3-2-4-8-15/h2-4,7-10,12,14H,5-6,11,13H2,1H3,(H,22,27)(H,23,24,26). The van der Waals surface area contributed by atoms with Gasteiger partial charge in [-0.2, -0.15) is 0 Å². The van der Waals surface area contributed by atoms with E-state index in [1.807, 2.05) is 48.5 Å². The molecule has 29 heavy (non-hydrogen) atoms. The van der Waals surface area contributed by atoms with E-state index in [4.69, 9.17) is 4.74 Å². The van der Waals surface area contributed by atoms with Crippen molar-refractivity contribution in [2.24, 2.45) is 5.92 Å². The lowest BCUT2D eigenvalue weighted by Crippen LogP contribution is -2.45. The maximum atomic E-state index is 12.8. The van der Waals surface area contributed by atoms with Crippen LogP contribution in [-0.4, -0.2) is 42.0 Å². The van der Waals surface area contributed by atoms with Crippen molar-refractivity contribution in [2.75, 3.05) is 30.8 Å². The van der Waals surface area contributed by atoms with Crippen molar-refractivity contribution in [3.05, 3.63) is 48.5 Å². The Kier molecular flexibility index (Phi) is 5.62. The summed E-state index contributed by atoms with van der Waals surface area (Å²) < 4.78 is 6.18. The highest BCUT2D eigenvalue weighted by molar-refractivity contribution is 7.22. The number of carbonyl (C=O) groups is 2. The van der Waals surface area contributed by atoms with Gasteiger partial charge in [-0.15, -0.1) is 0 Å². The monoisotopic (exact) mass is 410 g/mol. The molecule has 0 radical (unpaired) electrons. The molecule has 1 unspecified atom stereocenters. The molecule has 2 heterocycles. The largest absolute Gasteiger partial charge is 0.497 e. The first-order valence-corrected chi connectivity index (χ1v) is 10.3. The average Bonchev–Trinajstić information content (AvgIpc) is 3.15. The topological polar surface area (TPSA) is 83.6 Å². The molecule has 3 aromatic rings. The predicted molar refractivity (Wildman–Crippen MR) is 115 cm³/mol. The van der Waals surface area contributed by atoms with E-state index in [-0.39, 0.29) is 17.9 Å². The Morgan fingerprint density at radius 2 is 2.00 bits per heavy atom. The van der Waals surface area contributed by atoms with Crippen LogP contribution in [0.3, 0.4) is 0 Å². The number of piperidine rings is 1. The minimum Gasteiger partial charge on any atom is -0.497 e. The van der Waals surface area contributed by atoms with Crippen LogP contribution in [0.5, 0.6) is 5.75 Å². The van der Waals surface area contributed by atoms with E-state index in [1.54, 1.807) is 12.0 Å². The van der Waals surface area contributed by atoms with Crippen LogP contribution >= 0.6 is 11.3 Å². The number of ether oxygens (including phenoxy) is 1. The fraction of sp³-hybridized carbons (Fsp3) is 0.286. The molecule has 4 rings (SSSR count). The van der Waals surface area contributed by atoms with Crippen LogP contribution in [0.1, 0.15) is 12.8 Å². The van der Waals surface area contributed by atoms with Crippen LogP contribution in [0, 0.1) is 5.92 Å². The average molecular weight is 410 g/mol. The predicted octanol–water partition coefficient (Wildman–Crippen LogP) is 4.19. The summed E-state index contributed by atoms with van der Waals surface area (Å²) >= 11 is 1.41. The Balaban J connectivity index is 1.39. The van der Waals surface area contributed by atoms with Crippen molar-refractivity contribution < 1.29 is 14.3 Å². The van der Waals surface area contributed by atoms with Gasteiger partial charge in [-0.05, 0) is 43.2 Å². The Bertz CT molecular complexity index is 1020. The van der Waals surface area contributed by atoms with Crippen molar-refractivity contribution in [2.45, 2.75) is 12.8 Å². The number of urea groups is 1. The first-order valence-electron chi connectivity index (χ1n) is 9.49. The zero-order valence-electron chi connectivity index (χ0n) is 16.1. The Morgan fingerprint density at radius 3 is 2.79 bits per heavy atom. The minimum atomic E-state index is -0.258. The second-order valence-electron chi connectivity index (χ2n) is 6.92. The van der Waals surface area contributed by atoms with Gasteiger partial charge < -0.3 is 20.3 Å². The number of anilines is 2. The number of thiazole rings is 1. The molecule has 1 aromatic heterocycles. The number of nitrogens with one attached hydrogen (secondary N) is 2. The van der Waals surface area contributed by atoms with Crippen LogP contribution < -0.4 is 15.4 Å². The molecule has 1 aliphatic rings. The smallest absolute Gasteiger partial charge is 0.321 e. The zero-order chi connectivity index (χ0) is 20.2. The van der Waals surface area contributed by atoms with Gasteiger partial charge in [0.2, 0.25) is 5.91 Å². The maximum absolute atomic E-state index is 12.8. The number of rotatable bonds is 4. The lowest BCUT2D eigenvalue weighted by Gasteiger charge is -2.31. The van der Waals surface area contributed by atoms with E-state index in [0.717, 1.165) is 34.5 Å². The number of nitrogens with zero attached hydrogens (tertiary/aromatic N) is 2. The number of fused-ring (bicyclic) bond motifs is 1. The molecule has 8 heteroatoms. The highest BCUT2D eigenvalue weighted by Crippen LogP contribution is 2.30. The molecular weight excluding hydrogens is 388 g/mol. The number of amides is 3. The summed E-state index contributed by atoms with van der Waals surface area (Å²) in [6.45, 7) is 1.03.